The number of hydrogen-bond acceptors (Lipinski definition) is 4. The van der Waals surface area contributed by atoms with Crippen LogP contribution in [0.1, 0.15) is 19.7 Å². The van der Waals surface area contributed by atoms with Crippen LogP contribution in [-0.4, -0.2) is 26.3 Å². The second-order valence-corrected chi connectivity index (χ2v) is 5.84. The molecule has 100 valence electrons. The molecule has 1 atom stereocenters. The van der Waals surface area contributed by atoms with Gasteiger partial charge in [-0.1, -0.05) is 43.8 Å². The van der Waals surface area contributed by atoms with E-state index in [0.29, 0.717) is 5.82 Å². The first kappa shape index (κ1) is 13.8. The lowest BCUT2D eigenvalue weighted by Gasteiger charge is -2.16. The smallest absolute Gasteiger partial charge is 0.317 e. The van der Waals surface area contributed by atoms with Crippen LogP contribution in [-0.2, 0) is 4.79 Å². The minimum absolute atomic E-state index is 0.0385. The Morgan fingerprint density at radius 2 is 1.95 bits per heavy atom. The lowest BCUT2D eigenvalue weighted by atomic mass is 10.1. The van der Waals surface area contributed by atoms with E-state index in [-0.39, 0.29) is 5.92 Å². The SMILES string of the molecule is Cc1nc(SC(C(=O)O)C(C)C)c2ccccc2n1. The Bertz CT molecular complexity index is 613. The third-order valence-corrected chi connectivity index (χ3v) is 4.30. The lowest BCUT2D eigenvalue weighted by Crippen LogP contribution is -2.22. The number of carboxylic acid groups (broad SMARTS) is 1. The summed E-state index contributed by atoms with van der Waals surface area (Å²) >= 11 is 1.30. The van der Waals surface area contributed by atoms with E-state index in [1.165, 1.54) is 11.8 Å². The topological polar surface area (TPSA) is 63.1 Å². The second kappa shape index (κ2) is 5.57. The molecule has 0 spiro atoms. The van der Waals surface area contributed by atoms with Gasteiger partial charge in [0.15, 0.2) is 0 Å². The van der Waals surface area contributed by atoms with Crippen molar-refractivity contribution in [1.29, 1.82) is 0 Å². The number of aromatic nitrogens is 2. The van der Waals surface area contributed by atoms with Gasteiger partial charge in [-0.05, 0) is 18.9 Å². The molecule has 4 nitrogen and oxygen atoms in total. The number of aryl methyl sites for hydroxylation is 1. The number of para-hydroxylation sites is 1. The highest BCUT2D eigenvalue weighted by molar-refractivity contribution is 8.00. The molecule has 1 unspecified atom stereocenters. The molecule has 5 heteroatoms. The molecule has 0 saturated heterocycles. The summed E-state index contributed by atoms with van der Waals surface area (Å²) in [5.41, 5.74) is 0.852. The molecule has 0 radical (unpaired) electrons. The molecule has 0 aliphatic heterocycles. The molecule has 2 rings (SSSR count). The molecular weight excluding hydrogens is 260 g/mol. The summed E-state index contributed by atoms with van der Waals surface area (Å²) in [6, 6.07) is 7.67. The van der Waals surface area contributed by atoms with Crippen molar-refractivity contribution in [2.24, 2.45) is 5.92 Å². The van der Waals surface area contributed by atoms with Crippen molar-refractivity contribution in [1.82, 2.24) is 9.97 Å². The van der Waals surface area contributed by atoms with Crippen LogP contribution >= 0.6 is 11.8 Å². The van der Waals surface area contributed by atoms with Gasteiger partial charge >= 0.3 is 5.97 Å². The lowest BCUT2D eigenvalue weighted by molar-refractivity contribution is -0.137. The Hall–Kier alpha value is -1.62. The van der Waals surface area contributed by atoms with Crippen LogP contribution in [0.4, 0.5) is 0 Å². The van der Waals surface area contributed by atoms with E-state index in [1.807, 2.05) is 45.0 Å². The second-order valence-electron chi connectivity index (χ2n) is 4.71. The van der Waals surface area contributed by atoms with Crippen molar-refractivity contribution in [2.75, 3.05) is 0 Å². The molecule has 2 aromatic rings. The van der Waals surface area contributed by atoms with Crippen molar-refractivity contribution in [2.45, 2.75) is 31.0 Å². The zero-order valence-corrected chi connectivity index (χ0v) is 11.9. The molecule has 1 aromatic heterocycles. The average Bonchev–Trinajstić information content (AvgIpc) is 2.34. The van der Waals surface area contributed by atoms with Crippen LogP contribution in [0.2, 0.25) is 0 Å². The zero-order chi connectivity index (χ0) is 14.0. The highest BCUT2D eigenvalue weighted by Crippen LogP contribution is 2.31. The molecule has 0 saturated carbocycles. The average molecular weight is 276 g/mol. The fourth-order valence-electron chi connectivity index (χ4n) is 1.84. The van der Waals surface area contributed by atoms with Crippen LogP contribution in [0.15, 0.2) is 29.3 Å². The molecule has 0 aliphatic rings. The maximum atomic E-state index is 11.3. The molecule has 19 heavy (non-hydrogen) atoms. The first-order chi connectivity index (χ1) is 8.99. The van der Waals surface area contributed by atoms with Crippen LogP contribution in [0.3, 0.4) is 0 Å². The molecule has 0 fully saturated rings. The predicted octanol–water partition coefficient (Wildman–Crippen LogP) is 3.14. The highest BCUT2D eigenvalue weighted by atomic mass is 32.2. The van der Waals surface area contributed by atoms with Gasteiger partial charge in [-0.3, -0.25) is 4.79 Å². The number of fused-ring (bicyclic) bond motifs is 1. The third kappa shape index (κ3) is 3.04. The van der Waals surface area contributed by atoms with Crippen molar-refractivity contribution in [3.8, 4) is 0 Å². The van der Waals surface area contributed by atoms with E-state index in [2.05, 4.69) is 9.97 Å². The van der Waals surface area contributed by atoms with E-state index in [0.717, 1.165) is 15.9 Å². The summed E-state index contributed by atoms with van der Waals surface area (Å²) in [7, 11) is 0. The summed E-state index contributed by atoms with van der Waals surface area (Å²) in [4.78, 5) is 20.1. The summed E-state index contributed by atoms with van der Waals surface area (Å²) in [6.07, 6.45) is 0. The third-order valence-electron chi connectivity index (χ3n) is 2.77. The number of hydrogen-bond donors (Lipinski definition) is 1. The van der Waals surface area contributed by atoms with E-state index >= 15 is 0 Å². The summed E-state index contributed by atoms with van der Waals surface area (Å²) in [5, 5.41) is 10.4. The maximum Gasteiger partial charge on any atom is 0.317 e. The number of thioether (sulfide) groups is 1. The first-order valence-electron chi connectivity index (χ1n) is 6.12. The van der Waals surface area contributed by atoms with Crippen molar-refractivity contribution >= 4 is 28.6 Å². The van der Waals surface area contributed by atoms with Gasteiger partial charge in [0.1, 0.15) is 16.1 Å². The molecule has 1 aromatic carbocycles. The number of aliphatic carboxylic acids is 1. The molecule has 0 bridgehead atoms. The van der Waals surface area contributed by atoms with Gasteiger partial charge in [0.05, 0.1) is 5.52 Å². The standard InChI is InChI=1S/C14H16N2O2S/c1-8(2)12(14(17)18)19-13-10-6-4-5-7-11(10)15-9(3)16-13/h4-8,12H,1-3H3,(H,17,18). The first-order valence-corrected chi connectivity index (χ1v) is 7.00. The Morgan fingerprint density at radius 1 is 1.26 bits per heavy atom. The van der Waals surface area contributed by atoms with Crippen LogP contribution < -0.4 is 0 Å². The molecule has 0 amide bonds. The van der Waals surface area contributed by atoms with Crippen LogP contribution in [0, 0.1) is 12.8 Å². The van der Waals surface area contributed by atoms with E-state index < -0.39 is 11.2 Å². The van der Waals surface area contributed by atoms with Gasteiger partial charge in [0, 0.05) is 5.39 Å². The molecular formula is C14H16N2O2S. The minimum Gasteiger partial charge on any atom is -0.480 e. The Labute approximate surface area is 116 Å². The molecule has 1 heterocycles. The Balaban J connectivity index is 2.47. The van der Waals surface area contributed by atoms with Crippen molar-refractivity contribution < 1.29 is 9.90 Å². The van der Waals surface area contributed by atoms with E-state index in [4.69, 9.17) is 0 Å². The maximum absolute atomic E-state index is 11.3. The van der Waals surface area contributed by atoms with Crippen molar-refractivity contribution in [3.63, 3.8) is 0 Å². The quantitative estimate of drug-likeness (QED) is 0.686. The largest absolute Gasteiger partial charge is 0.480 e. The van der Waals surface area contributed by atoms with Gasteiger partial charge in [0.25, 0.3) is 0 Å². The highest BCUT2D eigenvalue weighted by Gasteiger charge is 2.24. The van der Waals surface area contributed by atoms with Crippen LogP contribution in [0.25, 0.3) is 10.9 Å². The number of rotatable bonds is 4. The Kier molecular flexibility index (Phi) is 4.04. The number of carbonyl (C=O) groups is 1. The summed E-state index contributed by atoms with van der Waals surface area (Å²) in [6.45, 7) is 5.63. The fraction of sp³-hybridized carbons (Fsp3) is 0.357. The molecule has 1 N–H and O–H groups in total. The fourth-order valence-corrected chi connectivity index (χ4v) is 2.94. The van der Waals surface area contributed by atoms with Gasteiger partial charge in [-0.2, -0.15) is 0 Å². The number of benzene rings is 1. The predicted molar refractivity (Wildman–Crippen MR) is 76.4 cm³/mol. The molecule has 0 aliphatic carbocycles. The minimum atomic E-state index is -0.805. The summed E-state index contributed by atoms with van der Waals surface area (Å²) in [5.74, 6) is -0.106. The van der Waals surface area contributed by atoms with E-state index in [9.17, 15) is 9.90 Å². The van der Waals surface area contributed by atoms with Gasteiger partial charge in [-0.25, -0.2) is 9.97 Å². The van der Waals surface area contributed by atoms with Gasteiger partial charge in [-0.15, -0.1) is 0 Å². The van der Waals surface area contributed by atoms with Gasteiger partial charge in [0.2, 0.25) is 0 Å². The number of nitrogens with zero attached hydrogens (tertiary/aromatic N) is 2. The van der Waals surface area contributed by atoms with Crippen LogP contribution in [0.5, 0.6) is 0 Å². The van der Waals surface area contributed by atoms with Crippen molar-refractivity contribution in [3.05, 3.63) is 30.1 Å². The van der Waals surface area contributed by atoms with E-state index in [1.54, 1.807) is 0 Å². The normalized spacial score (nSPS) is 12.8. The monoisotopic (exact) mass is 276 g/mol. The van der Waals surface area contributed by atoms with Gasteiger partial charge < -0.3 is 5.11 Å². The Morgan fingerprint density at radius 3 is 2.58 bits per heavy atom. The summed E-state index contributed by atoms with van der Waals surface area (Å²) < 4.78 is 0. The zero-order valence-electron chi connectivity index (χ0n) is 11.1. The number of carboxylic acids is 1.